The van der Waals surface area contributed by atoms with Crippen molar-refractivity contribution in [3.8, 4) is 5.75 Å². The van der Waals surface area contributed by atoms with Gasteiger partial charge in [0, 0.05) is 25.7 Å². The molecular weight excluding hydrogens is 264 g/mol. The fourth-order valence-electron chi connectivity index (χ4n) is 2.34. The van der Waals surface area contributed by atoms with Gasteiger partial charge >= 0.3 is 0 Å². The molecule has 0 aliphatic carbocycles. The highest BCUT2D eigenvalue weighted by molar-refractivity contribution is 7.88. The summed E-state index contributed by atoms with van der Waals surface area (Å²) in [5.74, 6) is 0.808. The summed E-state index contributed by atoms with van der Waals surface area (Å²) in [6.07, 6.45) is 1.27. The Morgan fingerprint density at radius 3 is 2.37 bits per heavy atom. The summed E-state index contributed by atoms with van der Waals surface area (Å²) in [5, 5.41) is 0. The van der Waals surface area contributed by atoms with Gasteiger partial charge in [-0.25, -0.2) is 8.42 Å². The first kappa shape index (κ1) is 14.3. The van der Waals surface area contributed by atoms with E-state index in [0.717, 1.165) is 17.9 Å². The smallest absolute Gasteiger partial charge is 0.211 e. The predicted molar refractivity (Wildman–Crippen MR) is 74.8 cm³/mol. The van der Waals surface area contributed by atoms with Crippen molar-refractivity contribution in [1.82, 2.24) is 9.21 Å². The molecule has 1 fully saturated rings. The lowest BCUT2D eigenvalue weighted by Gasteiger charge is -2.38. The minimum atomic E-state index is -3.12. The number of likely N-dealkylation sites (N-methyl/N-ethyl adjacent to an activating group) is 1. The second kappa shape index (κ2) is 5.48. The lowest BCUT2D eigenvalue weighted by atomic mass is 10.0. The van der Waals surface area contributed by atoms with Crippen molar-refractivity contribution in [2.24, 2.45) is 0 Å². The number of nitrogens with zero attached hydrogens (tertiary/aromatic N) is 2. The SMILES string of the molecule is COc1ccc([C@@H]2CN(S(C)(=O)=O)CCN2C)cc1. The van der Waals surface area contributed by atoms with Crippen LogP contribution < -0.4 is 4.74 Å². The number of hydrogen-bond donors (Lipinski definition) is 0. The van der Waals surface area contributed by atoms with Crippen LogP contribution in [0.1, 0.15) is 11.6 Å². The van der Waals surface area contributed by atoms with Crippen LogP contribution in [0.25, 0.3) is 0 Å². The Morgan fingerprint density at radius 1 is 1.21 bits per heavy atom. The third-order valence-corrected chi connectivity index (χ3v) is 4.85. The second-order valence-corrected chi connectivity index (χ2v) is 6.87. The highest BCUT2D eigenvalue weighted by Crippen LogP contribution is 2.26. The number of hydrogen-bond acceptors (Lipinski definition) is 4. The Balaban J connectivity index is 2.20. The molecule has 0 aromatic heterocycles. The molecule has 19 heavy (non-hydrogen) atoms. The van der Waals surface area contributed by atoms with E-state index < -0.39 is 10.0 Å². The molecule has 1 atom stereocenters. The van der Waals surface area contributed by atoms with Gasteiger partial charge in [0.15, 0.2) is 0 Å². The Hall–Kier alpha value is -1.11. The molecule has 0 N–H and O–H groups in total. The molecule has 1 aliphatic rings. The Labute approximate surface area is 114 Å². The molecule has 0 saturated carbocycles. The molecule has 0 bridgehead atoms. The van der Waals surface area contributed by atoms with Gasteiger partial charge in [-0.15, -0.1) is 0 Å². The van der Waals surface area contributed by atoms with Gasteiger partial charge in [-0.1, -0.05) is 12.1 Å². The van der Waals surface area contributed by atoms with E-state index in [9.17, 15) is 8.42 Å². The van der Waals surface area contributed by atoms with E-state index in [1.54, 1.807) is 11.4 Å². The van der Waals surface area contributed by atoms with Gasteiger partial charge in [0.25, 0.3) is 0 Å². The minimum absolute atomic E-state index is 0.0920. The van der Waals surface area contributed by atoms with E-state index in [1.807, 2.05) is 31.3 Å². The Kier molecular flexibility index (Phi) is 4.13. The molecule has 6 heteroatoms. The summed E-state index contributed by atoms with van der Waals surface area (Å²) in [6.45, 7) is 1.80. The Bertz CT molecular complexity index is 527. The van der Waals surface area contributed by atoms with Crippen molar-refractivity contribution in [2.45, 2.75) is 6.04 Å². The molecular formula is C13H20N2O3S. The van der Waals surface area contributed by atoms with E-state index in [2.05, 4.69) is 4.90 Å². The van der Waals surface area contributed by atoms with Crippen molar-refractivity contribution in [3.05, 3.63) is 29.8 Å². The molecule has 0 unspecified atom stereocenters. The lowest BCUT2D eigenvalue weighted by molar-refractivity contribution is 0.149. The van der Waals surface area contributed by atoms with Crippen LogP contribution in [0.2, 0.25) is 0 Å². The molecule has 1 aliphatic heterocycles. The Morgan fingerprint density at radius 2 is 1.84 bits per heavy atom. The van der Waals surface area contributed by atoms with Crippen LogP contribution in [0, 0.1) is 0 Å². The molecule has 106 valence electrons. The predicted octanol–water partition coefficient (Wildman–Crippen LogP) is 0.943. The first-order chi connectivity index (χ1) is 8.91. The van der Waals surface area contributed by atoms with Gasteiger partial charge in [0.05, 0.1) is 13.4 Å². The van der Waals surface area contributed by atoms with Gasteiger partial charge in [-0.2, -0.15) is 4.31 Å². The maximum Gasteiger partial charge on any atom is 0.211 e. The van der Waals surface area contributed by atoms with Crippen LogP contribution in [0.15, 0.2) is 24.3 Å². The zero-order valence-electron chi connectivity index (χ0n) is 11.5. The topological polar surface area (TPSA) is 49.9 Å². The number of benzene rings is 1. The van der Waals surface area contributed by atoms with E-state index in [-0.39, 0.29) is 6.04 Å². The second-order valence-electron chi connectivity index (χ2n) is 4.89. The molecule has 1 aromatic carbocycles. The summed E-state index contributed by atoms with van der Waals surface area (Å²) >= 11 is 0. The number of ether oxygens (including phenoxy) is 1. The summed E-state index contributed by atoms with van der Waals surface area (Å²) in [7, 11) is 0.533. The van der Waals surface area contributed by atoms with Gasteiger partial charge in [0.1, 0.15) is 5.75 Å². The maximum absolute atomic E-state index is 11.7. The van der Waals surface area contributed by atoms with E-state index in [1.165, 1.54) is 6.26 Å². The van der Waals surface area contributed by atoms with Crippen LogP contribution in [-0.4, -0.2) is 57.7 Å². The molecule has 0 radical (unpaired) electrons. The van der Waals surface area contributed by atoms with Crippen molar-refractivity contribution < 1.29 is 13.2 Å². The van der Waals surface area contributed by atoms with Gasteiger partial charge < -0.3 is 4.74 Å². The summed E-state index contributed by atoms with van der Waals surface area (Å²) in [6, 6.07) is 7.89. The molecule has 1 aromatic rings. The monoisotopic (exact) mass is 284 g/mol. The van der Waals surface area contributed by atoms with E-state index in [0.29, 0.717) is 13.1 Å². The molecule has 1 saturated heterocycles. The lowest BCUT2D eigenvalue weighted by Crippen LogP contribution is -2.48. The third-order valence-electron chi connectivity index (χ3n) is 3.58. The van der Waals surface area contributed by atoms with E-state index in [4.69, 9.17) is 4.74 Å². The van der Waals surface area contributed by atoms with Crippen LogP contribution in [0.5, 0.6) is 5.75 Å². The molecule has 5 nitrogen and oxygen atoms in total. The number of sulfonamides is 1. The third kappa shape index (κ3) is 3.26. The average Bonchev–Trinajstić information content (AvgIpc) is 2.38. The molecule has 1 heterocycles. The zero-order chi connectivity index (χ0) is 14.0. The van der Waals surface area contributed by atoms with Crippen molar-refractivity contribution in [2.75, 3.05) is 40.0 Å². The van der Waals surface area contributed by atoms with E-state index >= 15 is 0 Å². The fraction of sp³-hybridized carbons (Fsp3) is 0.538. The van der Waals surface area contributed by atoms with Gasteiger partial charge in [0.2, 0.25) is 10.0 Å². The molecule has 0 spiro atoms. The number of piperazine rings is 1. The fourth-order valence-corrected chi connectivity index (χ4v) is 3.16. The van der Waals surface area contributed by atoms with Crippen LogP contribution in [0.3, 0.4) is 0 Å². The average molecular weight is 284 g/mol. The number of methoxy groups -OCH3 is 1. The summed E-state index contributed by atoms with van der Waals surface area (Å²) in [4.78, 5) is 2.18. The van der Waals surface area contributed by atoms with Crippen LogP contribution >= 0.6 is 0 Å². The first-order valence-corrected chi connectivity index (χ1v) is 8.06. The maximum atomic E-state index is 11.7. The first-order valence-electron chi connectivity index (χ1n) is 6.21. The zero-order valence-corrected chi connectivity index (χ0v) is 12.4. The highest BCUT2D eigenvalue weighted by atomic mass is 32.2. The molecule has 0 amide bonds. The summed E-state index contributed by atoms with van der Waals surface area (Å²) in [5.41, 5.74) is 1.11. The minimum Gasteiger partial charge on any atom is -0.497 e. The van der Waals surface area contributed by atoms with Gasteiger partial charge in [-0.3, -0.25) is 4.90 Å². The summed E-state index contributed by atoms with van der Waals surface area (Å²) < 4.78 is 30.0. The number of rotatable bonds is 3. The van der Waals surface area contributed by atoms with Gasteiger partial charge in [-0.05, 0) is 24.7 Å². The standard InChI is InChI=1S/C13H20N2O3S/c1-14-8-9-15(19(3,16)17)10-13(14)11-4-6-12(18-2)7-5-11/h4-7,13H,8-10H2,1-3H3/t13-/m0/s1. The highest BCUT2D eigenvalue weighted by Gasteiger charge is 2.30. The largest absolute Gasteiger partial charge is 0.497 e. The van der Waals surface area contributed by atoms with Crippen LogP contribution in [0.4, 0.5) is 0 Å². The normalized spacial score (nSPS) is 22.4. The van der Waals surface area contributed by atoms with Crippen LogP contribution in [-0.2, 0) is 10.0 Å². The quantitative estimate of drug-likeness (QED) is 0.829. The van der Waals surface area contributed by atoms with Crippen molar-refractivity contribution >= 4 is 10.0 Å². The van der Waals surface area contributed by atoms with Crippen molar-refractivity contribution in [1.29, 1.82) is 0 Å². The van der Waals surface area contributed by atoms with Crippen molar-refractivity contribution in [3.63, 3.8) is 0 Å². The molecule has 2 rings (SSSR count).